The van der Waals surface area contributed by atoms with Crippen molar-refractivity contribution in [1.29, 1.82) is 0 Å². The van der Waals surface area contributed by atoms with Crippen molar-refractivity contribution >= 4 is 23.6 Å². The van der Waals surface area contributed by atoms with Gasteiger partial charge < -0.3 is 20.9 Å². The van der Waals surface area contributed by atoms with E-state index in [0.717, 1.165) is 0 Å². The number of oxime groups is 1. The Morgan fingerprint density at radius 1 is 1.67 bits per heavy atom. The molecule has 0 amide bonds. The fourth-order valence-corrected chi connectivity index (χ4v) is 3.75. The van der Waals surface area contributed by atoms with Gasteiger partial charge in [0.15, 0.2) is 5.84 Å². The molecule has 7 heteroatoms. The normalized spacial score (nSPS) is 40.1. The second kappa shape index (κ2) is 3.02. The minimum atomic E-state index is -0.914. The maximum atomic E-state index is 11.1. The van der Waals surface area contributed by atoms with Gasteiger partial charge in [-0.1, -0.05) is 5.16 Å². The highest BCUT2D eigenvalue weighted by molar-refractivity contribution is 8.01. The second-order valence-electron chi connectivity index (χ2n) is 4.24. The second-order valence-corrected chi connectivity index (χ2v) is 6.01. The molecule has 0 spiro atoms. The zero-order valence-corrected chi connectivity index (χ0v) is 9.23. The molecule has 0 aromatic carbocycles. The van der Waals surface area contributed by atoms with Crippen molar-refractivity contribution < 1.29 is 15.1 Å². The topological polar surface area (TPSA) is 99.2 Å². The Kier molecular flexibility index (Phi) is 2.13. The molecule has 0 aliphatic carbocycles. The lowest BCUT2D eigenvalue weighted by Crippen LogP contribution is -2.68. The number of nitrogens with zero attached hydrogens (tertiary/aromatic N) is 2. The molecule has 2 rings (SSSR count). The van der Waals surface area contributed by atoms with Crippen molar-refractivity contribution in [2.24, 2.45) is 10.9 Å². The molecule has 2 fully saturated rings. The number of fused-ring (bicyclic) bond motifs is 1. The third-order valence-electron chi connectivity index (χ3n) is 2.84. The Labute approximate surface area is 91.1 Å². The van der Waals surface area contributed by atoms with E-state index >= 15 is 0 Å². The first-order valence-electron chi connectivity index (χ1n) is 4.56. The van der Waals surface area contributed by atoms with Gasteiger partial charge in [0, 0.05) is 4.75 Å². The summed E-state index contributed by atoms with van der Waals surface area (Å²) in [5.41, 5.74) is 5.76. The fourth-order valence-electron chi connectivity index (χ4n) is 2.18. The third kappa shape index (κ3) is 1.23. The van der Waals surface area contributed by atoms with Crippen molar-refractivity contribution in [3.8, 4) is 0 Å². The van der Waals surface area contributed by atoms with Gasteiger partial charge in [0.05, 0.1) is 6.04 Å². The summed E-state index contributed by atoms with van der Waals surface area (Å²) in [6, 6.07) is -1.05. The summed E-state index contributed by atoms with van der Waals surface area (Å²) in [5.74, 6) is -0.645. The van der Waals surface area contributed by atoms with Crippen LogP contribution in [-0.4, -0.2) is 49.2 Å². The Balaban J connectivity index is 2.34. The van der Waals surface area contributed by atoms with Gasteiger partial charge in [0.1, 0.15) is 11.4 Å². The van der Waals surface area contributed by atoms with Crippen molar-refractivity contribution in [2.45, 2.75) is 36.1 Å². The predicted molar refractivity (Wildman–Crippen MR) is 55.9 cm³/mol. The predicted octanol–water partition coefficient (Wildman–Crippen LogP) is -0.278. The van der Waals surface area contributed by atoms with Crippen LogP contribution in [0.3, 0.4) is 0 Å². The smallest absolute Gasteiger partial charge is 0.327 e. The molecule has 0 aromatic rings. The summed E-state index contributed by atoms with van der Waals surface area (Å²) >= 11 is 1.51. The van der Waals surface area contributed by atoms with Crippen LogP contribution in [0.2, 0.25) is 0 Å². The Hall–Kier alpha value is -0.950. The molecule has 3 unspecified atom stereocenters. The Bertz CT molecular complexity index is 344. The number of hydrogen-bond acceptors (Lipinski definition) is 5. The van der Waals surface area contributed by atoms with Crippen LogP contribution < -0.4 is 5.73 Å². The summed E-state index contributed by atoms with van der Waals surface area (Å²) in [5, 5.41) is 20.8. The lowest BCUT2D eigenvalue weighted by Gasteiger charge is -2.44. The molecule has 4 N–H and O–H groups in total. The van der Waals surface area contributed by atoms with Crippen molar-refractivity contribution in [1.82, 2.24) is 4.90 Å². The summed E-state index contributed by atoms with van der Waals surface area (Å²) in [7, 11) is 0. The molecule has 0 bridgehead atoms. The summed E-state index contributed by atoms with van der Waals surface area (Å²) in [4.78, 5) is 12.7. The SMILES string of the molecule is CC1(C)SC2C(N)C(=NO)N2C1C(=O)O. The molecule has 6 nitrogen and oxygen atoms in total. The molecule has 0 radical (unpaired) electrons. The maximum Gasteiger partial charge on any atom is 0.327 e. The third-order valence-corrected chi connectivity index (χ3v) is 4.43. The van der Waals surface area contributed by atoms with E-state index in [1.54, 1.807) is 4.90 Å². The highest BCUT2D eigenvalue weighted by Crippen LogP contribution is 2.50. The van der Waals surface area contributed by atoms with Gasteiger partial charge >= 0.3 is 5.97 Å². The first-order chi connectivity index (χ1) is 6.90. The van der Waals surface area contributed by atoms with Gasteiger partial charge in [-0.3, -0.25) is 0 Å². The fraction of sp³-hybridized carbons (Fsp3) is 0.750. The van der Waals surface area contributed by atoms with Gasteiger partial charge in [-0.15, -0.1) is 11.8 Å². The van der Waals surface area contributed by atoms with Gasteiger partial charge in [-0.05, 0) is 13.8 Å². The molecule has 84 valence electrons. The van der Waals surface area contributed by atoms with Crippen LogP contribution in [0.1, 0.15) is 13.8 Å². The molecule has 2 aliphatic rings. The standard InChI is InChI=1S/C8H13N3O3S/c1-8(2)4(7(12)13)11-5(10-14)3(9)6(11)15-8/h3-4,6,14H,9H2,1-2H3,(H,12,13). The molecule has 0 saturated carbocycles. The summed E-state index contributed by atoms with van der Waals surface area (Å²) in [6.07, 6.45) is 0. The van der Waals surface area contributed by atoms with E-state index < -0.39 is 16.8 Å². The van der Waals surface area contributed by atoms with Crippen molar-refractivity contribution in [3.63, 3.8) is 0 Å². The molecule has 2 aliphatic heterocycles. The van der Waals surface area contributed by atoms with Gasteiger partial charge in [0.2, 0.25) is 0 Å². The Morgan fingerprint density at radius 2 is 2.27 bits per heavy atom. The van der Waals surface area contributed by atoms with Crippen LogP contribution in [0.15, 0.2) is 5.16 Å². The van der Waals surface area contributed by atoms with Crippen LogP contribution in [0.25, 0.3) is 0 Å². The largest absolute Gasteiger partial charge is 0.480 e. The van der Waals surface area contributed by atoms with Crippen LogP contribution in [0.4, 0.5) is 0 Å². The summed E-state index contributed by atoms with van der Waals surface area (Å²) in [6.45, 7) is 3.72. The minimum Gasteiger partial charge on any atom is -0.480 e. The van der Waals surface area contributed by atoms with E-state index in [1.807, 2.05) is 13.8 Å². The van der Waals surface area contributed by atoms with Gasteiger partial charge in [-0.25, -0.2) is 4.79 Å². The number of hydrogen-bond donors (Lipinski definition) is 3. The minimum absolute atomic E-state index is 0.0907. The number of carboxylic acids is 1. The maximum absolute atomic E-state index is 11.1. The summed E-state index contributed by atoms with van der Waals surface area (Å²) < 4.78 is -0.430. The number of nitrogens with two attached hydrogens (primary N) is 1. The zero-order chi connectivity index (χ0) is 11.4. The lowest BCUT2D eigenvalue weighted by atomic mass is 9.96. The number of amidine groups is 1. The highest BCUT2D eigenvalue weighted by Gasteiger charge is 2.61. The quantitative estimate of drug-likeness (QED) is 0.424. The average Bonchev–Trinajstić information content (AvgIpc) is 2.36. The number of rotatable bonds is 1. The van der Waals surface area contributed by atoms with E-state index in [2.05, 4.69) is 5.16 Å². The molecule has 2 saturated heterocycles. The number of carboxylic acid groups (broad SMARTS) is 1. The van der Waals surface area contributed by atoms with E-state index in [9.17, 15) is 4.79 Å². The number of thioether (sulfide) groups is 1. The number of aliphatic carboxylic acids is 1. The monoisotopic (exact) mass is 231 g/mol. The van der Waals surface area contributed by atoms with Crippen molar-refractivity contribution in [3.05, 3.63) is 0 Å². The van der Waals surface area contributed by atoms with Crippen LogP contribution in [-0.2, 0) is 4.79 Å². The van der Waals surface area contributed by atoms with E-state index in [1.165, 1.54) is 11.8 Å². The number of carbonyl (C=O) groups is 1. The zero-order valence-electron chi connectivity index (χ0n) is 8.41. The van der Waals surface area contributed by atoms with Crippen LogP contribution >= 0.6 is 11.8 Å². The molecule has 15 heavy (non-hydrogen) atoms. The highest BCUT2D eigenvalue weighted by atomic mass is 32.2. The first kappa shape index (κ1) is 10.6. The first-order valence-corrected chi connectivity index (χ1v) is 5.44. The van der Waals surface area contributed by atoms with Crippen LogP contribution in [0, 0.1) is 0 Å². The molecular weight excluding hydrogens is 218 g/mol. The van der Waals surface area contributed by atoms with Crippen molar-refractivity contribution in [2.75, 3.05) is 0 Å². The molecule has 0 aromatic heterocycles. The molecular formula is C8H13N3O3S. The van der Waals surface area contributed by atoms with E-state index in [-0.39, 0.29) is 17.3 Å². The average molecular weight is 231 g/mol. The van der Waals surface area contributed by atoms with E-state index in [0.29, 0.717) is 0 Å². The van der Waals surface area contributed by atoms with Gasteiger partial charge in [-0.2, -0.15) is 0 Å². The van der Waals surface area contributed by atoms with E-state index in [4.69, 9.17) is 16.0 Å². The molecule has 2 heterocycles. The Morgan fingerprint density at radius 3 is 2.73 bits per heavy atom. The van der Waals surface area contributed by atoms with Gasteiger partial charge in [0.25, 0.3) is 0 Å². The molecule has 3 atom stereocenters. The van der Waals surface area contributed by atoms with Crippen LogP contribution in [0.5, 0.6) is 0 Å². The lowest BCUT2D eigenvalue weighted by molar-refractivity contribution is -0.143.